The van der Waals surface area contributed by atoms with Gasteiger partial charge in [-0.3, -0.25) is 0 Å². The number of sulfonamides is 1. The molecule has 1 aromatic heterocycles. The Kier molecular flexibility index (Phi) is 5.58. The summed E-state index contributed by atoms with van der Waals surface area (Å²) in [6.45, 7) is 0.884. The predicted molar refractivity (Wildman–Crippen MR) is 106 cm³/mol. The Hall–Kier alpha value is -2.77. The number of fused-ring (bicyclic) bond motifs is 1. The van der Waals surface area contributed by atoms with Crippen LogP contribution in [0.1, 0.15) is 24.4 Å². The van der Waals surface area contributed by atoms with Crippen molar-refractivity contribution in [1.29, 1.82) is 0 Å². The molecule has 164 valence electrons. The molecule has 13 heteroatoms. The highest BCUT2D eigenvalue weighted by molar-refractivity contribution is 7.92. The largest absolute Gasteiger partial charge is 0.493 e. The fourth-order valence-electron chi connectivity index (χ4n) is 3.36. The second kappa shape index (κ2) is 8.05. The molecule has 3 aromatic rings. The number of nitrogens with one attached hydrogen (secondary N) is 1. The molecule has 4 rings (SSSR count). The Morgan fingerprint density at radius 2 is 2.06 bits per heavy atom. The number of carbonyl (C=O) groups is 1. The van der Waals surface area contributed by atoms with Gasteiger partial charge < -0.3 is 10.2 Å². The third-order valence-corrected chi connectivity index (χ3v) is 7.02. The van der Waals surface area contributed by atoms with Gasteiger partial charge in [0.25, 0.3) is 15.2 Å². The summed E-state index contributed by atoms with van der Waals surface area (Å²) in [5.41, 5.74) is 1.00. The van der Waals surface area contributed by atoms with Gasteiger partial charge in [-0.25, -0.2) is 9.78 Å². The van der Waals surface area contributed by atoms with Gasteiger partial charge in [-0.15, -0.1) is 0 Å². The number of halogens is 3. The molecule has 1 fully saturated rings. The minimum atomic E-state index is -5.40. The molecule has 1 N–H and O–H groups in total. The fourth-order valence-corrected chi connectivity index (χ4v) is 5.27. The van der Waals surface area contributed by atoms with Crippen LogP contribution in [0.5, 0.6) is 0 Å². The SMILES string of the molecule is O=C(ON(c1ncns1)S(=O)(=O)c1ccc2c(C3CCCN3)cccc2c1)C(F)(F)F. The third kappa shape index (κ3) is 4.20. The monoisotopic (exact) mass is 472 g/mol. The average Bonchev–Trinajstić information content (AvgIpc) is 3.44. The van der Waals surface area contributed by atoms with Crippen LogP contribution in [0.3, 0.4) is 0 Å². The Morgan fingerprint density at radius 3 is 2.71 bits per heavy atom. The van der Waals surface area contributed by atoms with Crippen molar-refractivity contribution in [3.63, 3.8) is 0 Å². The molecule has 8 nitrogen and oxygen atoms in total. The summed E-state index contributed by atoms with van der Waals surface area (Å²) in [5.74, 6) is -2.69. The van der Waals surface area contributed by atoms with Gasteiger partial charge in [0, 0.05) is 17.6 Å². The first kappa shape index (κ1) is 21.5. The summed E-state index contributed by atoms with van der Waals surface area (Å²) in [7, 11) is -4.72. The zero-order valence-electron chi connectivity index (χ0n) is 15.7. The molecule has 0 saturated carbocycles. The van der Waals surface area contributed by atoms with Crippen molar-refractivity contribution in [3.05, 3.63) is 48.3 Å². The van der Waals surface area contributed by atoms with E-state index in [9.17, 15) is 26.4 Å². The number of aromatic nitrogens is 2. The molecule has 0 aliphatic carbocycles. The number of alkyl halides is 3. The van der Waals surface area contributed by atoms with Crippen molar-refractivity contribution < 1.29 is 31.2 Å². The van der Waals surface area contributed by atoms with Crippen LogP contribution in [0.25, 0.3) is 10.8 Å². The highest BCUT2D eigenvalue weighted by Gasteiger charge is 2.45. The summed E-state index contributed by atoms with van der Waals surface area (Å²) in [4.78, 5) is 18.7. The molecule has 0 radical (unpaired) electrons. The highest BCUT2D eigenvalue weighted by Crippen LogP contribution is 2.33. The summed E-state index contributed by atoms with van der Waals surface area (Å²) < 4.78 is 67.7. The zero-order chi connectivity index (χ0) is 22.2. The smallest absolute Gasteiger partial charge is 0.314 e. The van der Waals surface area contributed by atoms with E-state index < -0.39 is 27.3 Å². The van der Waals surface area contributed by atoms with Crippen molar-refractivity contribution in [2.24, 2.45) is 0 Å². The van der Waals surface area contributed by atoms with Crippen LogP contribution in [0.2, 0.25) is 0 Å². The van der Waals surface area contributed by atoms with Gasteiger partial charge in [0.2, 0.25) is 0 Å². The lowest BCUT2D eigenvalue weighted by molar-refractivity contribution is -0.199. The minimum absolute atomic E-state index is 0.136. The maximum atomic E-state index is 13.1. The minimum Gasteiger partial charge on any atom is -0.314 e. The average molecular weight is 472 g/mol. The van der Waals surface area contributed by atoms with Crippen molar-refractivity contribution in [2.45, 2.75) is 30.0 Å². The van der Waals surface area contributed by atoms with Crippen LogP contribution in [0.15, 0.2) is 47.6 Å². The Morgan fingerprint density at radius 1 is 1.26 bits per heavy atom. The molecule has 1 saturated heterocycles. The number of hydrogen-bond acceptors (Lipinski definition) is 8. The lowest BCUT2D eigenvalue weighted by Gasteiger charge is -2.20. The number of hydrogen-bond donors (Lipinski definition) is 1. The number of rotatable bonds is 5. The van der Waals surface area contributed by atoms with Crippen molar-refractivity contribution in [2.75, 3.05) is 11.0 Å². The van der Waals surface area contributed by atoms with E-state index in [1.54, 1.807) is 18.2 Å². The summed E-state index contributed by atoms with van der Waals surface area (Å²) in [5, 5.41) is 4.23. The van der Waals surface area contributed by atoms with Crippen LogP contribution >= 0.6 is 11.5 Å². The Balaban J connectivity index is 1.75. The molecule has 1 atom stereocenters. The standard InChI is InChI=1S/C18H15F3N4O4S2/c19-18(20,21)16(26)29-25(17-23-10-24-30-17)31(27,28)12-6-7-13-11(9-12)3-1-4-14(13)15-5-2-8-22-15/h1,3-4,6-7,9-10,15,22H,2,5,8H2. The molecule has 0 spiro atoms. The number of carbonyl (C=O) groups excluding carboxylic acids is 1. The molecule has 0 bridgehead atoms. The molecular formula is C18H15F3N4O4S2. The zero-order valence-corrected chi connectivity index (χ0v) is 17.3. The molecule has 31 heavy (non-hydrogen) atoms. The van der Waals surface area contributed by atoms with E-state index in [2.05, 4.69) is 19.5 Å². The first-order valence-corrected chi connectivity index (χ1v) is 11.3. The lowest BCUT2D eigenvalue weighted by Crippen LogP contribution is -2.38. The van der Waals surface area contributed by atoms with Gasteiger partial charge in [-0.2, -0.15) is 26.0 Å². The van der Waals surface area contributed by atoms with Gasteiger partial charge in [0.1, 0.15) is 6.33 Å². The Labute approximate surface area is 178 Å². The van der Waals surface area contributed by atoms with E-state index in [1.165, 1.54) is 12.1 Å². The summed E-state index contributed by atoms with van der Waals surface area (Å²) >= 11 is 0.461. The molecular weight excluding hydrogens is 457 g/mol. The van der Waals surface area contributed by atoms with E-state index in [0.29, 0.717) is 16.9 Å². The number of benzene rings is 2. The van der Waals surface area contributed by atoms with E-state index in [4.69, 9.17) is 0 Å². The van der Waals surface area contributed by atoms with Crippen molar-refractivity contribution in [3.8, 4) is 0 Å². The second-order valence-electron chi connectivity index (χ2n) is 6.71. The van der Waals surface area contributed by atoms with Crippen molar-refractivity contribution >= 4 is 43.4 Å². The summed E-state index contributed by atoms with van der Waals surface area (Å²) in [6, 6.07) is 9.71. The Bertz CT molecular complexity index is 1210. The molecule has 2 heterocycles. The normalized spacial score (nSPS) is 17.1. The van der Waals surface area contributed by atoms with Gasteiger partial charge in [0.05, 0.1) is 4.90 Å². The fraction of sp³-hybridized carbons (Fsp3) is 0.278. The number of anilines is 1. The third-order valence-electron chi connectivity index (χ3n) is 4.74. The van der Waals surface area contributed by atoms with Gasteiger partial charge >= 0.3 is 12.1 Å². The first-order valence-electron chi connectivity index (χ1n) is 9.05. The predicted octanol–water partition coefficient (Wildman–Crippen LogP) is 3.33. The highest BCUT2D eigenvalue weighted by atomic mass is 32.2. The van der Waals surface area contributed by atoms with Crippen LogP contribution in [-0.2, 0) is 19.7 Å². The molecule has 0 amide bonds. The number of nitrogens with zero attached hydrogens (tertiary/aromatic N) is 3. The van der Waals surface area contributed by atoms with Crippen LogP contribution in [0, 0.1) is 0 Å². The first-order chi connectivity index (χ1) is 14.7. The summed E-state index contributed by atoms with van der Waals surface area (Å²) in [6.07, 6.45) is -2.50. The van der Waals surface area contributed by atoms with E-state index in [-0.39, 0.29) is 15.4 Å². The van der Waals surface area contributed by atoms with Crippen molar-refractivity contribution in [1.82, 2.24) is 14.7 Å². The molecule has 2 aromatic carbocycles. The van der Waals surface area contributed by atoms with Crippen LogP contribution in [0.4, 0.5) is 18.3 Å². The van der Waals surface area contributed by atoms with Gasteiger partial charge in [-0.1, -0.05) is 28.7 Å². The second-order valence-corrected chi connectivity index (χ2v) is 9.22. The van der Waals surface area contributed by atoms with Gasteiger partial charge in [-0.05, 0) is 47.9 Å². The van der Waals surface area contributed by atoms with Crippen LogP contribution < -0.4 is 9.79 Å². The topological polar surface area (TPSA) is 101 Å². The van der Waals surface area contributed by atoms with E-state index in [1.807, 2.05) is 6.07 Å². The quantitative estimate of drug-likeness (QED) is 0.569. The lowest BCUT2D eigenvalue weighted by atomic mass is 9.98. The molecule has 1 aliphatic rings. The van der Waals surface area contributed by atoms with E-state index in [0.717, 1.165) is 36.7 Å². The molecule has 1 unspecified atom stereocenters. The maximum Gasteiger partial charge on any atom is 0.493 e. The molecule has 1 aliphatic heterocycles. The maximum absolute atomic E-state index is 13.1. The van der Waals surface area contributed by atoms with Gasteiger partial charge in [0.15, 0.2) is 0 Å². The van der Waals surface area contributed by atoms with Crippen LogP contribution in [-0.4, -0.2) is 36.5 Å². The van der Waals surface area contributed by atoms with E-state index >= 15 is 0 Å².